The van der Waals surface area contributed by atoms with Gasteiger partial charge in [0, 0.05) is 28.7 Å². The van der Waals surface area contributed by atoms with Gasteiger partial charge in [-0.3, -0.25) is 13.7 Å². The molecule has 2 heterocycles. The number of hydrogen-bond donors (Lipinski definition) is 2. The first-order valence-electron chi connectivity index (χ1n) is 9.52. The Morgan fingerprint density at radius 2 is 1.79 bits per heavy atom. The third kappa shape index (κ3) is 4.58. The van der Waals surface area contributed by atoms with Gasteiger partial charge in [0.2, 0.25) is 0 Å². The quantitative estimate of drug-likeness (QED) is 0.388. The molecule has 170 valence electrons. The maximum absolute atomic E-state index is 13.3. The topological polar surface area (TPSA) is 117 Å². The third-order valence-corrected chi connectivity index (χ3v) is 7.01. The lowest BCUT2D eigenvalue weighted by Crippen LogP contribution is -2.35. The van der Waals surface area contributed by atoms with Crippen LogP contribution in [-0.2, 0) is 14.8 Å². The highest BCUT2D eigenvalue weighted by Gasteiger charge is 2.28. The molecular weight excluding hydrogens is 489 g/mol. The molecule has 0 saturated heterocycles. The number of sulfonamides is 1. The van der Waals surface area contributed by atoms with Gasteiger partial charge < -0.3 is 10.4 Å². The number of carboxylic acids is 1. The van der Waals surface area contributed by atoms with Crippen LogP contribution in [0.3, 0.4) is 0 Å². The Labute approximate surface area is 199 Å². The maximum Gasteiger partial charge on any atom is 0.324 e. The zero-order valence-corrected chi connectivity index (χ0v) is 19.4. The van der Waals surface area contributed by atoms with Crippen molar-refractivity contribution in [3.05, 3.63) is 70.8 Å². The average Bonchev–Trinajstić information content (AvgIpc) is 3.20. The molecule has 0 aliphatic rings. The number of hydrogen-bond acceptors (Lipinski definition) is 6. The monoisotopic (exact) mass is 505 g/mol. The van der Waals surface area contributed by atoms with Crippen LogP contribution in [0.5, 0.6) is 0 Å². The van der Waals surface area contributed by atoms with E-state index in [1.54, 1.807) is 48.1 Å². The molecule has 2 aromatic carbocycles. The molecule has 0 fully saturated rings. The Hall–Kier alpha value is -3.34. The van der Waals surface area contributed by atoms with Crippen molar-refractivity contribution in [1.29, 1.82) is 0 Å². The fourth-order valence-electron chi connectivity index (χ4n) is 3.31. The van der Waals surface area contributed by atoms with E-state index in [0.29, 0.717) is 17.0 Å². The summed E-state index contributed by atoms with van der Waals surface area (Å²) in [5.41, 5.74) is 0.916. The average molecular weight is 506 g/mol. The Kier molecular flexibility index (Phi) is 6.15. The van der Waals surface area contributed by atoms with E-state index < -0.39 is 22.5 Å². The van der Waals surface area contributed by atoms with Crippen LogP contribution in [0.25, 0.3) is 16.7 Å². The van der Waals surface area contributed by atoms with Gasteiger partial charge in [-0.1, -0.05) is 23.2 Å². The first-order valence-corrected chi connectivity index (χ1v) is 11.7. The summed E-state index contributed by atoms with van der Waals surface area (Å²) >= 11 is 11.9. The van der Waals surface area contributed by atoms with Crippen LogP contribution >= 0.6 is 23.2 Å². The largest absolute Gasteiger partial charge is 0.480 e. The van der Waals surface area contributed by atoms with Gasteiger partial charge in [0.15, 0.2) is 5.82 Å². The van der Waals surface area contributed by atoms with Crippen molar-refractivity contribution >= 4 is 61.6 Å². The molecule has 2 aromatic heterocycles. The minimum absolute atomic E-state index is 0.120. The molecule has 33 heavy (non-hydrogen) atoms. The Bertz CT molecular complexity index is 1440. The number of benzene rings is 2. The van der Waals surface area contributed by atoms with Gasteiger partial charge in [0.1, 0.15) is 12.4 Å². The molecule has 0 saturated carbocycles. The molecule has 0 atom stereocenters. The molecular formula is C21H17Cl2N5O4S. The molecule has 0 aliphatic carbocycles. The lowest BCUT2D eigenvalue weighted by molar-refractivity contribution is -0.135. The van der Waals surface area contributed by atoms with Gasteiger partial charge in [-0.25, -0.2) is 8.42 Å². The molecule has 9 nitrogen and oxygen atoms in total. The highest BCUT2D eigenvalue weighted by atomic mass is 35.5. The molecule has 0 unspecified atom stereocenters. The van der Waals surface area contributed by atoms with Crippen LogP contribution in [0.1, 0.15) is 0 Å². The van der Waals surface area contributed by atoms with Gasteiger partial charge in [-0.15, -0.1) is 10.2 Å². The minimum atomic E-state index is -4.27. The summed E-state index contributed by atoms with van der Waals surface area (Å²) in [4.78, 5) is 11.3. The normalized spacial score (nSPS) is 11.5. The number of aliphatic carboxylic acids is 1. The van der Waals surface area contributed by atoms with E-state index in [2.05, 4.69) is 15.5 Å². The van der Waals surface area contributed by atoms with Crippen LogP contribution in [-0.4, -0.2) is 47.9 Å². The summed E-state index contributed by atoms with van der Waals surface area (Å²) in [5.74, 6) is -0.127. The molecule has 4 aromatic rings. The number of halogens is 2. The van der Waals surface area contributed by atoms with E-state index in [9.17, 15) is 18.3 Å². The number of rotatable bonds is 7. The number of nitrogens with zero attached hydrogens (tertiary/aromatic N) is 4. The number of carboxylic acid groups (broad SMARTS) is 1. The van der Waals surface area contributed by atoms with Crippen LogP contribution in [0.15, 0.2) is 65.7 Å². The second-order valence-electron chi connectivity index (χ2n) is 6.97. The van der Waals surface area contributed by atoms with Crippen molar-refractivity contribution < 1.29 is 18.3 Å². The van der Waals surface area contributed by atoms with Crippen LogP contribution in [0.4, 0.5) is 11.5 Å². The van der Waals surface area contributed by atoms with Crippen LogP contribution < -0.4 is 9.62 Å². The first-order chi connectivity index (χ1) is 15.7. The van der Waals surface area contributed by atoms with E-state index in [1.165, 1.54) is 24.3 Å². The highest BCUT2D eigenvalue weighted by Crippen LogP contribution is 2.31. The van der Waals surface area contributed by atoms with E-state index in [-0.39, 0.29) is 20.6 Å². The second kappa shape index (κ2) is 8.89. The summed E-state index contributed by atoms with van der Waals surface area (Å²) in [6.07, 6.45) is 1.77. The lowest BCUT2D eigenvalue weighted by atomic mass is 10.2. The van der Waals surface area contributed by atoms with Gasteiger partial charge in [-0.2, -0.15) is 0 Å². The minimum Gasteiger partial charge on any atom is -0.480 e. The fourth-order valence-corrected chi connectivity index (χ4v) is 5.45. The Morgan fingerprint density at radius 1 is 1.06 bits per heavy atom. The number of fused-ring (bicyclic) bond motifs is 1. The summed E-state index contributed by atoms with van der Waals surface area (Å²) in [6.45, 7) is -0.782. The molecule has 0 spiro atoms. The number of anilines is 2. The smallest absolute Gasteiger partial charge is 0.324 e. The van der Waals surface area contributed by atoms with Crippen molar-refractivity contribution in [2.45, 2.75) is 4.90 Å². The zero-order valence-electron chi connectivity index (χ0n) is 17.1. The van der Waals surface area contributed by atoms with Gasteiger partial charge >= 0.3 is 5.97 Å². The van der Waals surface area contributed by atoms with Crippen molar-refractivity contribution in [1.82, 2.24) is 14.8 Å². The molecule has 0 bridgehead atoms. The van der Waals surface area contributed by atoms with Crippen molar-refractivity contribution in [3.63, 3.8) is 0 Å². The predicted octanol–water partition coefficient (Wildman–Crippen LogP) is 4.05. The van der Waals surface area contributed by atoms with E-state index >= 15 is 0 Å². The first kappa shape index (κ1) is 22.8. The third-order valence-electron chi connectivity index (χ3n) is 4.82. The number of aromatic nitrogens is 3. The SMILES string of the molecule is CNc1ccc(-n2ccc3cc(N(CC(=O)O)S(=O)(=O)c4cc(Cl)cc(Cl)c4)ccc32)nn1. The Balaban J connectivity index is 1.79. The van der Waals surface area contributed by atoms with E-state index in [4.69, 9.17) is 23.2 Å². The molecule has 0 amide bonds. The summed E-state index contributed by atoms with van der Waals surface area (Å²) in [6, 6.07) is 14.0. The van der Waals surface area contributed by atoms with E-state index in [1.807, 2.05) is 0 Å². The van der Waals surface area contributed by atoms with Crippen molar-refractivity contribution in [3.8, 4) is 5.82 Å². The molecule has 2 N–H and O–H groups in total. The predicted molar refractivity (Wildman–Crippen MR) is 127 cm³/mol. The standard InChI is InChI=1S/C21H17Cl2N5O4S/c1-24-19-4-5-20(26-25-19)27-7-6-13-8-16(2-3-18(13)27)28(12-21(29)30)33(31,32)17-10-14(22)9-15(23)11-17/h2-11H,12H2,1H3,(H,24,25)(H,29,30). The zero-order chi connectivity index (χ0) is 23.8. The number of carbonyl (C=O) groups is 1. The van der Waals surface area contributed by atoms with Gasteiger partial charge in [0.25, 0.3) is 10.0 Å². The second-order valence-corrected chi connectivity index (χ2v) is 9.70. The molecule has 0 radical (unpaired) electrons. The van der Waals surface area contributed by atoms with Gasteiger partial charge in [0.05, 0.1) is 16.1 Å². The van der Waals surface area contributed by atoms with E-state index in [0.717, 1.165) is 9.82 Å². The maximum atomic E-state index is 13.3. The van der Waals surface area contributed by atoms with Crippen molar-refractivity contribution in [2.24, 2.45) is 0 Å². The summed E-state index contributed by atoms with van der Waals surface area (Å²) < 4.78 is 29.2. The molecule has 0 aliphatic heterocycles. The molecule has 12 heteroatoms. The fraction of sp³-hybridized carbons (Fsp3) is 0.0952. The van der Waals surface area contributed by atoms with Crippen molar-refractivity contribution in [2.75, 3.05) is 23.2 Å². The number of nitrogens with one attached hydrogen (secondary N) is 1. The molecule has 4 rings (SSSR count). The van der Waals surface area contributed by atoms with Gasteiger partial charge in [-0.05, 0) is 54.6 Å². The highest BCUT2D eigenvalue weighted by molar-refractivity contribution is 7.92. The Morgan fingerprint density at radius 3 is 2.39 bits per heavy atom. The summed E-state index contributed by atoms with van der Waals surface area (Å²) in [7, 11) is -2.53. The van der Waals surface area contributed by atoms with Crippen LogP contribution in [0, 0.1) is 0 Å². The summed E-state index contributed by atoms with van der Waals surface area (Å²) in [5, 5.41) is 21.4. The van der Waals surface area contributed by atoms with Crippen LogP contribution in [0.2, 0.25) is 10.0 Å². The lowest BCUT2D eigenvalue weighted by Gasteiger charge is -2.23.